The Morgan fingerprint density at radius 2 is 2.17 bits per heavy atom. The first-order valence-corrected chi connectivity index (χ1v) is 6.14. The molecule has 3 nitrogen and oxygen atoms in total. The van der Waals surface area contributed by atoms with Crippen LogP contribution in [0.4, 0.5) is 13.2 Å². The van der Waals surface area contributed by atoms with Crippen LogP contribution in [0, 0.1) is 5.92 Å². The van der Waals surface area contributed by atoms with E-state index in [1.165, 1.54) is 23.3 Å². The molecule has 0 fully saturated rings. The van der Waals surface area contributed by atoms with Gasteiger partial charge in [0, 0.05) is 17.5 Å². The highest BCUT2D eigenvalue weighted by molar-refractivity contribution is 7.10. The van der Waals surface area contributed by atoms with Gasteiger partial charge in [0.2, 0.25) is 0 Å². The van der Waals surface area contributed by atoms with Gasteiger partial charge in [-0.3, -0.25) is 9.69 Å². The Morgan fingerprint density at radius 3 is 2.56 bits per heavy atom. The van der Waals surface area contributed by atoms with Crippen molar-refractivity contribution in [1.82, 2.24) is 4.90 Å². The third kappa shape index (κ3) is 3.71. The second kappa shape index (κ2) is 5.71. The molecule has 0 amide bonds. The summed E-state index contributed by atoms with van der Waals surface area (Å²) in [7, 11) is 1.49. The van der Waals surface area contributed by atoms with Gasteiger partial charge in [-0.15, -0.1) is 11.3 Å². The topological polar surface area (TPSA) is 40.5 Å². The van der Waals surface area contributed by atoms with E-state index in [-0.39, 0.29) is 6.04 Å². The van der Waals surface area contributed by atoms with Gasteiger partial charge in [0.25, 0.3) is 0 Å². The molecule has 0 saturated heterocycles. The molecule has 18 heavy (non-hydrogen) atoms. The Balaban J connectivity index is 2.73. The monoisotopic (exact) mass is 281 g/mol. The second-order valence-electron chi connectivity index (χ2n) is 4.06. The first-order valence-electron chi connectivity index (χ1n) is 5.26. The molecule has 2 atom stereocenters. The molecular weight excluding hydrogens is 267 g/mol. The number of carboxylic acid groups (broad SMARTS) is 1. The van der Waals surface area contributed by atoms with Crippen LogP contribution in [0.5, 0.6) is 0 Å². The smallest absolute Gasteiger partial charge is 0.403 e. The van der Waals surface area contributed by atoms with Crippen molar-refractivity contribution >= 4 is 17.3 Å². The van der Waals surface area contributed by atoms with E-state index in [0.717, 1.165) is 4.88 Å². The van der Waals surface area contributed by atoms with Crippen molar-refractivity contribution in [2.24, 2.45) is 5.92 Å². The first kappa shape index (κ1) is 15.0. The van der Waals surface area contributed by atoms with Gasteiger partial charge in [-0.2, -0.15) is 13.2 Å². The number of nitrogens with zero attached hydrogens (tertiary/aromatic N) is 1. The van der Waals surface area contributed by atoms with E-state index in [9.17, 15) is 18.0 Å². The molecule has 0 bridgehead atoms. The zero-order chi connectivity index (χ0) is 13.9. The summed E-state index contributed by atoms with van der Waals surface area (Å²) in [5.74, 6) is -4.20. The fourth-order valence-corrected chi connectivity index (χ4v) is 2.36. The van der Waals surface area contributed by atoms with Crippen LogP contribution in [-0.4, -0.2) is 35.7 Å². The number of carbonyl (C=O) groups is 1. The maximum absolute atomic E-state index is 12.5. The van der Waals surface area contributed by atoms with Gasteiger partial charge in [0.15, 0.2) is 5.92 Å². The predicted octanol–water partition coefficient (Wildman–Crippen LogP) is 3.00. The van der Waals surface area contributed by atoms with Crippen molar-refractivity contribution in [2.45, 2.75) is 19.1 Å². The maximum Gasteiger partial charge on any atom is 0.403 e. The molecule has 7 heteroatoms. The van der Waals surface area contributed by atoms with Crippen LogP contribution in [-0.2, 0) is 4.79 Å². The number of hydrogen-bond donors (Lipinski definition) is 1. The van der Waals surface area contributed by atoms with Gasteiger partial charge in [-0.05, 0) is 25.4 Å². The molecule has 1 N–H and O–H groups in total. The molecule has 102 valence electrons. The molecule has 1 aromatic heterocycles. The van der Waals surface area contributed by atoms with Gasteiger partial charge in [0.05, 0.1) is 0 Å². The lowest BCUT2D eigenvalue weighted by Gasteiger charge is -2.27. The number of aliphatic carboxylic acids is 1. The minimum atomic E-state index is -4.73. The molecule has 0 radical (unpaired) electrons. The number of hydrogen-bond acceptors (Lipinski definition) is 3. The fourth-order valence-electron chi connectivity index (χ4n) is 1.51. The summed E-state index contributed by atoms with van der Waals surface area (Å²) in [4.78, 5) is 13.0. The van der Waals surface area contributed by atoms with Crippen LogP contribution >= 0.6 is 11.3 Å². The first-order chi connectivity index (χ1) is 8.23. The van der Waals surface area contributed by atoms with Crippen molar-refractivity contribution in [3.8, 4) is 0 Å². The van der Waals surface area contributed by atoms with Gasteiger partial charge in [0.1, 0.15) is 0 Å². The van der Waals surface area contributed by atoms with Crippen LogP contribution in [0.2, 0.25) is 0 Å². The van der Waals surface area contributed by atoms with Crippen molar-refractivity contribution in [3.05, 3.63) is 22.4 Å². The Hall–Kier alpha value is -1.08. The molecular formula is C11H14F3NO2S. The lowest BCUT2D eigenvalue weighted by atomic mass is 10.1. The summed E-state index contributed by atoms with van der Waals surface area (Å²) in [5.41, 5.74) is 0. The highest BCUT2D eigenvalue weighted by Gasteiger charge is 2.45. The SMILES string of the molecule is CC(c1cccs1)N(C)CC(C(=O)O)C(F)(F)F. The summed E-state index contributed by atoms with van der Waals surface area (Å²) in [6, 6.07) is 3.38. The quantitative estimate of drug-likeness (QED) is 0.902. The fraction of sp³-hybridized carbons (Fsp3) is 0.545. The number of halogens is 3. The normalized spacial score (nSPS) is 15.7. The molecule has 0 spiro atoms. The molecule has 0 saturated carbocycles. The van der Waals surface area contributed by atoms with Gasteiger partial charge >= 0.3 is 12.1 Å². The van der Waals surface area contributed by atoms with Crippen LogP contribution < -0.4 is 0 Å². The third-order valence-electron chi connectivity index (χ3n) is 2.78. The molecule has 0 aliphatic heterocycles. The van der Waals surface area contributed by atoms with Crippen molar-refractivity contribution in [1.29, 1.82) is 0 Å². The van der Waals surface area contributed by atoms with Crippen LogP contribution in [0.25, 0.3) is 0 Å². The van der Waals surface area contributed by atoms with Crippen molar-refractivity contribution < 1.29 is 23.1 Å². The van der Waals surface area contributed by atoms with Crippen molar-refractivity contribution in [2.75, 3.05) is 13.6 Å². The lowest BCUT2D eigenvalue weighted by Crippen LogP contribution is -2.40. The second-order valence-corrected chi connectivity index (χ2v) is 5.04. The molecule has 0 aliphatic carbocycles. The van der Waals surface area contributed by atoms with E-state index >= 15 is 0 Å². The molecule has 2 unspecified atom stereocenters. The Morgan fingerprint density at radius 1 is 1.56 bits per heavy atom. The lowest BCUT2D eigenvalue weighted by molar-refractivity contribution is -0.196. The largest absolute Gasteiger partial charge is 0.481 e. The predicted molar refractivity (Wildman–Crippen MR) is 62.5 cm³/mol. The molecule has 1 rings (SSSR count). The Bertz CT molecular complexity index is 391. The number of carboxylic acids is 1. The summed E-state index contributed by atoms with van der Waals surface area (Å²) in [6.45, 7) is 1.19. The zero-order valence-corrected chi connectivity index (χ0v) is 10.8. The maximum atomic E-state index is 12.5. The summed E-state index contributed by atoms with van der Waals surface area (Å²) in [6.07, 6.45) is -4.73. The van der Waals surface area contributed by atoms with E-state index in [2.05, 4.69) is 0 Å². The molecule has 0 aliphatic rings. The molecule has 1 aromatic rings. The van der Waals surface area contributed by atoms with Crippen LogP contribution in [0.15, 0.2) is 17.5 Å². The average molecular weight is 281 g/mol. The number of alkyl halides is 3. The minimum absolute atomic E-state index is 0.241. The van der Waals surface area contributed by atoms with E-state index in [1.54, 1.807) is 6.92 Å². The Kier molecular flexibility index (Phi) is 4.75. The van der Waals surface area contributed by atoms with E-state index in [0.29, 0.717) is 0 Å². The van der Waals surface area contributed by atoms with Crippen LogP contribution in [0.1, 0.15) is 17.8 Å². The van der Waals surface area contributed by atoms with Gasteiger partial charge in [-0.25, -0.2) is 0 Å². The summed E-state index contributed by atoms with van der Waals surface area (Å²) < 4.78 is 37.6. The highest BCUT2D eigenvalue weighted by Crippen LogP contribution is 2.30. The Labute approximate surface area is 107 Å². The summed E-state index contributed by atoms with van der Waals surface area (Å²) in [5, 5.41) is 10.5. The van der Waals surface area contributed by atoms with E-state index in [1.807, 2.05) is 17.5 Å². The minimum Gasteiger partial charge on any atom is -0.481 e. The van der Waals surface area contributed by atoms with Gasteiger partial charge in [-0.1, -0.05) is 6.07 Å². The van der Waals surface area contributed by atoms with Crippen LogP contribution in [0.3, 0.4) is 0 Å². The highest BCUT2D eigenvalue weighted by atomic mass is 32.1. The van der Waals surface area contributed by atoms with Crippen molar-refractivity contribution in [3.63, 3.8) is 0 Å². The third-order valence-corrected chi connectivity index (χ3v) is 3.82. The summed E-state index contributed by atoms with van der Waals surface area (Å²) >= 11 is 1.43. The molecule has 1 heterocycles. The van der Waals surface area contributed by atoms with Gasteiger partial charge < -0.3 is 5.11 Å². The number of rotatable bonds is 5. The standard InChI is InChI=1S/C11H14F3NO2S/c1-7(9-4-3-5-18-9)15(2)6-8(10(16)17)11(12,13)14/h3-5,7-8H,6H2,1-2H3,(H,16,17). The number of thiophene rings is 1. The zero-order valence-electron chi connectivity index (χ0n) is 9.94. The van der Waals surface area contributed by atoms with E-state index in [4.69, 9.17) is 5.11 Å². The molecule has 0 aromatic carbocycles. The average Bonchev–Trinajstić information content (AvgIpc) is 2.75. The van der Waals surface area contributed by atoms with E-state index < -0.39 is 24.6 Å².